The Morgan fingerprint density at radius 3 is 2.67 bits per heavy atom. The summed E-state index contributed by atoms with van der Waals surface area (Å²) in [4.78, 5) is 0. The first-order chi connectivity index (χ1) is 9.99. The van der Waals surface area contributed by atoms with Gasteiger partial charge in [-0.2, -0.15) is 0 Å². The molecule has 1 heterocycles. The minimum atomic E-state index is -3.66. The second-order valence-corrected chi connectivity index (χ2v) is 7.21. The smallest absolute Gasteiger partial charge is 0.239 e. The lowest BCUT2D eigenvalue weighted by Crippen LogP contribution is -2.30. The van der Waals surface area contributed by atoms with Crippen molar-refractivity contribution in [3.8, 4) is 0 Å². The molecule has 0 bridgehead atoms. The minimum Gasteiger partial charge on any atom is -0.269 e. The number of halogens is 2. The molecule has 110 valence electrons. The van der Waals surface area contributed by atoms with Crippen molar-refractivity contribution in [3.05, 3.63) is 64.4 Å². The Morgan fingerprint density at radius 2 is 1.90 bits per heavy atom. The fourth-order valence-corrected chi connectivity index (χ4v) is 4.50. The molecule has 0 saturated carbocycles. The van der Waals surface area contributed by atoms with Gasteiger partial charge in [-0.05, 0) is 30.2 Å². The van der Waals surface area contributed by atoms with Crippen LogP contribution in [-0.2, 0) is 22.2 Å². The van der Waals surface area contributed by atoms with Gasteiger partial charge in [0.15, 0.2) is 0 Å². The third-order valence-electron chi connectivity index (χ3n) is 3.57. The highest BCUT2D eigenvalue weighted by atomic mass is 35.5. The standard InChI is InChI=1S/C15H13ClFNO2S/c16-13-5-3-6-14(17)12(13)10-21(19,20)18-9-8-11-4-1-2-7-15(11)18/h1-7H,8-10H2. The number of anilines is 1. The van der Waals surface area contributed by atoms with E-state index in [1.165, 1.54) is 22.5 Å². The fourth-order valence-electron chi connectivity index (χ4n) is 2.53. The molecule has 0 radical (unpaired) electrons. The predicted molar refractivity (Wildman–Crippen MR) is 81.5 cm³/mol. The number of sulfonamides is 1. The van der Waals surface area contributed by atoms with Crippen molar-refractivity contribution in [2.24, 2.45) is 0 Å². The van der Waals surface area contributed by atoms with E-state index in [2.05, 4.69) is 0 Å². The van der Waals surface area contributed by atoms with E-state index < -0.39 is 21.6 Å². The lowest BCUT2D eigenvalue weighted by Gasteiger charge is -2.20. The first-order valence-corrected chi connectivity index (χ1v) is 8.49. The van der Waals surface area contributed by atoms with E-state index in [0.29, 0.717) is 18.7 Å². The molecule has 0 amide bonds. The summed E-state index contributed by atoms with van der Waals surface area (Å²) >= 11 is 5.92. The third kappa shape index (κ3) is 2.63. The Labute approximate surface area is 128 Å². The van der Waals surface area contributed by atoms with Crippen LogP contribution in [0.2, 0.25) is 5.02 Å². The van der Waals surface area contributed by atoms with Gasteiger partial charge >= 0.3 is 0 Å². The topological polar surface area (TPSA) is 37.4 Å². The zero-order chi connectivity index (χ0) is 15.0. The lowest BCUT2D eigenvalue weighted by atomic mass is 10.2. The van der Waals surface area contributed by atoms with Gasteiger partial charge in [0.2, 0.25) is 10.0 Å². The predicted octanol–water partition coefficient (Wildman–Crippen LogP) is 3.37. The Morgan fingerprint density at radius 1 is 1.14 bits per heavy atom. The van der Waals surface area contributed by atoms with Crippen LogP contribution >= 0.6 is 11.6 Å². The molecule has 6 heteroatoms. The zero-order valence-corrected chi connectivity index (χ0v) is 12.7. The second-order valence-electron chi connectivity index (χ2n) is 4.91. The number of nitrogens with zero attached hydrogens (tertiary/aromatic N) is 1. The molecule has 0 fully saturated rings. The number of benzene rings is 2. The monoisotopic (exact) mass is 325 g/mol. The molecule has 0 aromatic heterocycles. The van der Waals surface area contributed by atoms with Crippen LogP contribution in [0, 0.1) is 5.82 Å². The molecule has 0 unspecified atom stereocenters. The van der Waals surface area contributed by atoms with Gasteiger partial charge in [0.25, 0.3) is 0 Å². The molecule has 1 aliphatic heterocycles. The first kappa shape index (κ1) is 14.4. The Kier molecular flexibility index (Phi) is 3.63. The SMILES string of the molecule is O=S(=O)(Cc1c(F)cccc1Cl)N1CCc2ccccc21. The van der Waals surface area contributed by atoms with Gasteiger partial charge in [0, 0.05) is 17.1 Å². The largest absolute Gasteiger partial charge is 0.269 e. The summed E-state index contributed by atoms with van der Waals surface area (Å²) in [6, 6.07) is 11.5. The van der Waals surface area contributed by atoms with Crippen LogP contribution in [0.4, 0.5) is 10.1 Å². The van der Waals surface area contributed by atoms with Crippen molar-refractivity contribution in [3.63, 3.8) is 0 Å². The Bertz CT molecular complexity index is 772. The molecular formula is C15H13ClFNO2S. The summed E-state index contributed by atoms with van der Waals surface area (Å²) in [7, 11) is -3.66. The van der Waals surface area contributed by atoms with Crippen LogP contribution in [0.1, 0.15) is 11.1 Å². The van der Waals surface area contributed by atoms with Crippen molar-refractivity contribution in [2.75, 3.05) is 10.8 Å². The van der Waals surface area contributed by atoms with Gasteiger partial charge < -0.3 is 0 Å². The van der Waals surface area contributed by atoms with Crippen LogP contribution in [0.25, 0.3) is 0 Å². The summed E-state index contributed by atoms with van der Waals surface area (Å²) in [5.41, 5.74) is 1.68. The van der Waals surface area contributed by atoms with Gasteiger partial charge in [-0.1, -0.05) is 35.9 Å². The van der Waals surface area contributed by atoms with Crippen molar-refractivity contribution in [1.29, 1.82) is 0 Å². The number of rotatable bonds is 3. The summed E-state index contributed by atoms with van der Waals surface area (Å²) in [5.74, 6) is -1.04. The summed E-state index contributed by atoms with van der Waals surface area (Å²) in [5, 5.41) is 0.131. The van der Waals surface area contributed by atoms with E-state index in [1.54, 1.807) is 12.1 Å². The van der Waals surface area contributed by atoms with Crippen molar-refractivity contribution in [2.45, 2.75) is 12.2 Å². The van der Waals surface area contributed by atoms with E-state index in [4.69, 9.17) is 11.6 Å². The highest BCUT2D eigenvalue weighted by Gasteiger charge is 2.30. The van der Waals surface area contributed by atoms with Gasteiger partial charge in [-0.25, -0.2) is 12.8 Å². The molecule has 0 saturated heterocycles. The third-order valence-corrected chi connectivity index (χ3v) is 5.63. The molecule has 3 nitrogen and oxygen atoms in total. The second kappa shape index (κ2) is 5.31. The van der Waals surface area contributed by atoms with Crippen LogP contribution in [-0.4, -0.2) is 15.0 Å². The van der Waals surface area contributed by atoms with Gasteiger partial charge in [-0.15, -0.1) is 0 Å². The minimum absolute atomic E-state index is 0.0172. The first-order valence-electron chi connectivity index (χ1n) is 6.50. The van der Waals surface area contributed by atoms with Gasteiger partial charge in [-0.3, -0.25) is 4.31 Å². The highest BCUT2D eigenvalue weighted by Crippen LogP contribution is 2.32. The molecule has 21 heavy (non-hydrogen) atoms. The maximum absolute atomic E-state index is 13.8. The van der Waals surface area contributed by atoms with Crippen LogP contribution in [0.5, 0.6) is 0 Å². The highest BCUT2D eigenvalue weighted by molar-refractivity contribution is 7.92. The summed E-state index contributed by atoms with van der Waals surface area (Å²) in [6.45, 7) is 0.383. The molecule has 0 spiro atoms. The zero-order valence-electron chi connectivity index (χ0n) is 11.1. The van der Waals surface area contributed by atoms with E-state index in [9.17, 15) is 12.8 Å². The number of hydrogen-bond acceptors (Lipinski definition) is 2. The van der Waals surface area contributed by atoms with Gasteiger partial charge in [0.05, 0.1) is 11.4 Å². The fraction of sp³-hybridized carbons (Fsp3) is 0.200. The molecular weight excluding hydrogens is 313 g/mol. The Balaban J connectivity index is 1.96. The number of para-hydroxylation sites is 1. The maximum Gasteiger partial charge on any atom is 0.239 e. The molecule has 0 atom stereocenters. The van der Waals surface area contributed by atoms with E-state index >= 15 is 0 Å². The quantitative estimate of drug-likeness (QED) is 0.867. The van der Waals surface area contributed by atoms with Crippen LogP contribution < -0.4 is 4.31 Å². The Hall–Kier alpha value is -1.59. The lowest BCUT2D eigenvalue weighted by molar-refractivity contribution is 0.584. The molecule has 3 rings (SSSR count). The number of hydrogen-bond donors (Lipinski definition) is 0. The average Bonchev–Trinajstić information content (AvgIpc) is 2.88. The maximum atomic E-state index is 13.8. The normalized spacial score (nSPS) is 14.3. The van der Waals surface area contributed by atoms with Crippen LogP contribution in [0.3, 0.4) is 0 Å². The molecule has 2 aromatic rings. The average molecular weight is 326 g/mol. The summed E-state index contributed by atoms with van der Waals surface area (Å²) < 4.78 is 40.3. The van der Waals surface area contributed by atoms with E-state index in [1.807, 2.05) is 12.1 Å². The number of fused-ring (bicyclic) bond motifs is 1. The summed E-state index contributed by atoms with van der Waals surface area (Å²) in [6.07, 6.45) is 0.667. The molecule has 0 aliphatic carbocycles. The van der Waals surface area contributed by atoms with Crippen molar-refractivity contribution in [1.82, 2.24) is 0 Å². The molecule has 0 N–H and O–H groups in total. The van der Waals surface area contributed by atoms with Crippen LogP contribution in [0.15, 0.2) is 42.5 Å². The van der Waals surface area contributed by atoms with E-state index in [0.717, 1.165) is 5.56 Å². The molecule has 2 aromatic carbocycles. The van der Waals surface area contributed by atoms with Crippen molar-refractivity contribution < 1.29 is 12.8 Å². The molecule has 1 aliphatic rings. The van der Waals surface area contributed by atoms with Gasteiger partial charge in [0.1, 0.15) is 5.82 Å². The van der Waals surface area contributed by atoms with E-state index in [-0.39, 0.29) is 10.6 Å². The van der Waals surface area contributed by atoms with Crippen molar-refractivity contribution >= 4 is 27.3 Å².